The van der Waals surface area contributed by atoms with Gasteiger partial charge in [0.05, 0.1) is 4.90 Å². The lowest BCUT2D eigenvalue weighted by Gasteiger charge is -2.40. The molecular formula is C24H30O6S. The Hall–Kier alpha value is -1.86. The van der Waals surface area contributed by atoms with Crippen molar-refractivity contribution in [3.63, 3.8) is 0 Å². The highest BCUT2D eigenvalue weighted by Gasteiger charge is 2.67. The lowest BCUT2D eigenvalue weighted by Crippen LogP contribution is -2.48. The van der Waals surface area contributed by atoms with Gasteiger partial charge in [0.25, 0.3) is 10.1 Å². The molecule has 8 atom stereocenters. The molecule has 4 bridgehead atoms. The van der Waals surface area contributed by atoms with E-state index in [2.05, 4.69) is 12.2 Å². The summed E-state index contributed by atoms with van der Waals surface area (Å²) in [6.45, 7) is 7.24. The quantitative estimate of drug-likeness (QED) is 0.294. The van der Waals surface area contributed by atoms with Gasteiger partial charge >= 0.3 is 6.16 Å². The van der Waals surface area contributed by atoms with Crippen LogP contribution in [0.25, 0.3) is 0 Å². The van der Waals surface area contributed by atoms with Gasteiger partial charge in [-0.25, -0.2) is 4.79 Å². The lowest BCUT2D eigenvalue weighted by molar-refractivity contribution is -0.0882. The minimum Gasteiger partial charge on any atom is -0.429 e. The lowest BCUT2D eigenvalue weighted by atomic mass is 9.71. The SMILES string of the molecule is Cc1ccc(S(=O)(=O)OC2C3CC(C2OC(=O)OC(C)(C)C)C2C4C=CC(C4)C32)cc1. The van der Waals surface area contributed by atoms with Crippen molar-refractivity contribution in [2.45, 2.75) is 63.2 Å². The fourth-order valence-electron chi connectivity index (χ4n) is 6.50. The van der Waals surface area contributed by atoms with Crippen LogP contribution in [0.15, 0.2) is 41.3 Å². The van der Waals surface area contributed by atoms with Crippen molar-refractivity contribution in [3.05, 3.63) is 42.0 Å². The number of hydrogen-bond donors (Lipinski definition) is 0. The summed E-state index contributed by atoms with van der Waals surface area (Å²) >= 11 is 0. The van der Waals surface area contributed by atoms with Crippen LogP contribution >= 0.6 is 0 Å². The molecule has 4 aliphatic rings. The molecule has 31 heavy (non-hydrogen) atoms. The molecule has 5 rings (SSSR count). The Morgan fingerprint density at radius 2 is 1.52 bits per heavy atom. The number of allylic oxidation sites excluding steroid dienone is 2. The molecule has 6 nitrogen and oxygen atoms in total. The Balaban J connectivity index is 1.43. The van der Waals surface area contributed by atoms with E-state index in [1.54, 1.807) is 45.0 Å². The van der Waals surface area contributed by atoms with E-state index in [1.807, 2.05) is 6.92 Å². The van der Waals surface area contributed by atoms with Gasteiger partial charge in [-0.1, -0.05) is 29.8 Å². The van der Waals surface area contributed by atoms with Crippen LogP contribution in [0.1, 0.15) is 39.2 Å². The van der Waals surface area contributed by atoms with Crippen molar-refractivity contribution >= 4 is 16.3 Å². The first-order chi connectivity index (χ1) is 14.5. The van der Waals surface area contributed by atoms with Crippen molar-refractivity contribution in [2.75, 3.05) is 0 Å². The molecule has 0 aliphatic heterocycles. The standard InChI is InChI=1S/C24H30O6S/c1-13-5-9-16(10-6-13)31(26,27)30-22-18-12-17(19-14-7-8-15(11-14)20(18)19)21(22)28-23(25)29-24(2,3)4/h5-10,14-15,17-22H,11-12H2,1-4H3. The van der Waals surface area contributed by atoms with Gasteiger partial charge in [-0.2, -0.15) is 8.42 Å². The zero-order valence-electron chi connectivity index (χ0n) is 18.4. The Morgan fingerprint density at radius 3 is 2.10 bits per heavy atom. The van der Waals surface area contributed by atoms with Crippen molar-refractivity contribution in [1.82, 2.24) is 0 Å². The van der Waals surface area contributed by atoms with Crippen LogP contribution in [-0.2, 0) is 23.8 Å². The minimum absolute atomic E-state index is 0.0580. The summed E-state index contributed by atoms with van der Waals surface area (Å²) in [5.41, 5.74) is 0.290. The number of fused-ring (bicyclic) bond motifs is 9. The van der Waals surface area contributed by atoms with E-state index in [4.69, 9.17) is 13.7 Å². The number of rotatable bonds is 4. The average molecular weight is 447 g/mol. The Labute approximate surface area is 184 Å². The normalized spacial score (nSPS) is 37.8. The highest BCUT2D eigenvalue weighted by Crippen LogP contribution is 2.66. The van der Waals surface area contributed by atoms with E-state index in [9.17, 15) is 13.2 Å². The van der Waals surface area contributed by atoms with Crippen LogP contribution in [0.2, 0.25) is 0 Å². The van der Waals surface area contributed by atoms with E-state index < -0.39 is 34.1 Å². The number of carbonyl (C=O) groups is 1. The second-order valence-corrected chi connectivity index (χ2v) is 12.1. The van der Waals surface area contributed by atoms with Gasteiger partial charge in [0.2, 0.25) is 0 Å². The second kappa shape index (κ2) is 7.07. The third-order valence-corrected chi connectivity index (χ3v) is 8.78. The molecule has 3 fully saturated rings. The summed E-state index contributed by atoms with van der Waals surface area (Å²) < 4.78 is 43.1. The number of ether oxygens (including phenoxy) is 2. The number of benzene rings is 1. The molecule has 168 valence electrons. The van der Waals surface area contributed by atoms with Gasteiger partial charge in [0.15, 0.2) is 0 Å². The molecule has 0 saturated heterocycles. The number of hydrogen-bond acceptors (Lipinski definition) is 6. The summed E-state index contributed by atoms with van der Waals surface area (Å²) in [6, 6.07) is 6.63. The fourth-order valence-corrected chi connectivity index (χ4v) is 7.62. The maximum absolute atomic E-state index is 13.1. The zero-order chi connectivity index (χ0) is 22.1. The van der Waals surface area contributed by atoms with Crippen molar-refractivity contribution in [2.24, 2.45) is 35.5 Å². The first-order valence-corrected chi connectivity index (χ1v) is 12.5. The van der Waals surface area contributed by atoms with Crippen LogP contribution in [-0.4, -0.2) is 32.4 Å². The van der Waals surface area contributed by atoms with Crippen molar-refractivity contribution in [1.29, 1.82) is 0 Å². The summed E-state index contributed by atoms with van der Waals surface area (Å²) in [4.78, 5) is 12.6. The van der Waals surface area contributed by atoms with Crippen LogP contribution in [0.4, 0.5) is 4.79 Å². The zero-order valence-corrected chi connectivity index (χ0v) is 19.2. The molecule has 7 heteroatoms. The van der Waals surface area contributed by atoms with Gasteiger partial charge in [-0.05, 0) is 82.3 Å². The summed E-state index contributed by atoms with van der Waals surface area (Å²) in [5.74, 6) is 1.94. The van der Waals surface area contributed by atoms with Crippen molar-refractivity contribution < 1.29 is 26.9 Å². The van der Waals surface area contributed by atoms with E-state index in [0.717, 1.165) is 18.4 Å². The third-order valence-electron chi connectivity index (χ3n) is 7.45. The molecule has 0 amide bonds. The molecule has 0 aromatic heterocycles. The second-order valence-electron chi connectivity index (χ2n) is 10.5. The highest BCUT2D eigenvalue weighted by molar-refractivity contribution is 7.86. The molecule has 0 radical (unpaired) electrons. The maximum atomic E-state index is 13.1. The molecule has 1 aromatic rings. The van der Waals surface area contributed by atoms with Crippen LogP contribution in [0.3, 0.4) is 0 Å². The predicted octanol–water partition coefficient (Wildman–Crippen LogP) is 4.48. The minimum atomic E-state index is -3.98. The Morgan fingerprint density at radius 1 is 0.935 bits per heavy atom. The number of carbonyl (C=O) groups excluding carboxylic acids is 1. The van der Waals surface area contributed by atoms with Gasteiger partial charge in [0.1, 0.15) is 17.8 Å². The smallest absolute Gasteiger partial charge is 0.429 e. The fraction of sp³-hybridized carbons (Fsp3) is 0.625. The molecule has 8 unspecified atom stereocenters. The van der Waals surface area contributed by atoms with Crippen LogP contribution in [0.5, 0.6) is 0 Å². The summed E-state index contributed by atoms with van der Waals surface area (Å²) in [7, 11) is -3.98. The van der Waals surface area contributed by atoms with E-state index in [1.165, 1.54) is 0 Å². The van der Waals surface area contributed by atoms with Gasteiger partial charge in [-0.3, -0.25) is 4.18 Å². The Kier molecular flexibility index (Phi) is 4.79. The van der Waals surface area contributed by atoms with Gasteiger partial charge in [-0.15, -0.1) is 0 Å². The molecule has 1 aromatic carbocycles. The van der Waals surface area contributed by atoms with E-state index in [-0.39, 0.29) is 16.7 Å². The third kappa shape index (κ3) is 3.59. The maximum Gasteiger partial charge on any atom is 0.509 e. The monoisotopic (exact) mass is 446 g/mol. The average Bonchev–Trinajstić information content (AvgIpc) is 3.40. The Bertz CT molecular complexity index is 1010. The molecule has 4 aliphatic carbocycles. The van der Waals surface area contributed by atoms with Crippen LogP contribution in [0, 0.1) is 42.4 Å². The summed E-state index contributed by atoms with van der Waals surface area (Å²) in [6.07, 6.45) is 4.44. The largest absolute Gasteiger partial charge is 0.509 e. The molecule has 0 heterocycles. The van der Waals surface area contributed by atoms with E-state index in [0.29, 0.717) is 23.7 Å². The van der Waals surface area contributed by atoms with Crippen LogP contribution < -0.4 is 0 Å². The van der Waals surface area contributed by atoms with Crippen molar-refractivity contribution in [3.8, 4) is 0 Å². The first-order valence-electron chi connectivity index (χ1n) is 11.1. The molecule has 3 saturated carbocycles. The first kappa shape index (κ1) is 21.0. The molecule has 0 N–H and O–H groups in total. The van der Waals surface area contributed by atoms with E-state index >= 15 is 0 Å². The number of aryl methyl sites for hydroxylation is 1. The highest BCUT2D eigenvalue weighted by atomic mass is 32.2. The molecular weight excluding hydrogens is 416 g/mol. The summed E-state index contributed by atoms with van der Waals surface area (Å²) in [5, 5.41) is 0. The molecule has 0 spiro atoms. The predicted molar refractivity (Wildman–Crippen MR) is 114 cm³/mol. The van der Waals surface area contributed by atoms with Gasteiger partial charge in [0, 0.05) is 5.92 Å². The van der Waals surface area contributed by atoms with Gasteiger partial charge < -0.3 is 9.47 Å². The topological polar surface area (TPSA) is 78.9 Å².